The number of aromatic nitrogens is 1. The molecule has 0 aliphatic rings. The number of carbonyl (C=O) groups excluding carboxylic acids is 1. The molecule has 0 atom stereocenters. The monoisotopic (exact) mass is 394 g/mol. The Morgan fingerprint density at radius 3 is 2.23 bits per heavy atom. The van der Waals surface area contributed by atoms with Crippen molar-refractivity contribution in [3.05, 3.63) is 46.1 Å². The highest BCUT2D eigenvalue weighted by molar-refractivity contribution is 6.40. The van der Waals surface area contributed by atoms with Crippen LogP contribution in [-0.2, 0) is 0 Å². The molecule has 1 aromatic heterocycles. The van der Waals surface area contributed by atoms with E-state index in [1.807, 2.05) is 0 Å². The maximum absolute atomic E-state index is 12.7. The third-order valence-corrected chi connectivity index (χ3v) is 4.47. The Balaban J connectivity index is 1.97. The van der Waals surface area contributed by atoms with Crippen LogP contribution in [0.4, 0.5) is 5.69 Å². The van der Waals surface area contributed by atoms with E-state index >= 15 is 0 Å². The number of aromatic amines is 1. The molecule has 3 rings (SSSR count). The molecule has 0 saturated heterocycles. The van der Waals surface area contributed by atoms with Crippen molar-refractivity contribution in [3.8, 4) is 17.2 Å². The first-order valence-electron chi connectivity index (χ1n) is 7.56. The number of halogens is 2. The van der Waals surface area contributed by atoms with Gasteiger partial charge in [-0.3, -0.25) is 4.79 Å². The van der Waals surface area contributed by atoms with Crippen LogP contribution in [0.5, 0.6) is 17.2 Å². The van der Waals surface area contributed by atoms with Crippen molar-refractivity contribution in [3.63, 3.8) is 0 Å². The third-order valence-electron chi connectivity index (χ3n) is 3.85. The highest BCUT2D eigenvalue weighted by atomic mass is 35.5. The molecule has 0 saturated carbocycles. The molecule has 0 spiro atoms. The molecule has 0 aliphatic heterocycles. The molecular formula is C18H16Cl2N2O4. The van der Waals surface area contributed by atoms with E-state index in [0.29, 0.717) is 38.4 Å². The van der Waals surface area contributed by atoms with E-state index in [-0.39, 0.29) is 5.69 Å². The van der Waals surface area contributed by atoms with Crippen molar-refractivity contribution < 1.29 is 19.0 Å². The van der Waals surface area contributed by atoms with Gasteiger partial charge in [-0.2, -0.15) is 0 Å². The van der Waals surface area contributed by atoms with Crippen molar-refractivity contribution in [1.82, 2.24) is 4.98 Å². The molecule has 26 heavy (non-hydrogen) atoms. The number of carbonyl (C=O) groups is 1. The van der Waals surface area contributed by atoms with Crippen molar-refractivity contribution in [2.45, 2.75) is 0 Å². The first-order chi connectivity index (χ1) is 12.5. The largest absolute Gasteiger partial charge is 0.493 e. The Labute approximate surface area is 159 Å². The van der Waals surface area contributed by atoms with Crippen molar-refractivity contribution >= 4 is 45.7 Å². The second-order valence-electron chi connectivity index (χ2n) is 5.37. The summed E-state index contributed by atoms with van der Waals surface area (Å²) in [4.78, 5) is 15.7. The highest BCUT2D eigenvalue weighted by Gasteiger charge is 2.19. The number of ether oxygens (including phenoxy) is 3. The Hall–Kier alpha value is -2.57. The lowest BCUT2D eigenvalue weighted by Crippen LogP contribution is -2.13. The maximum Gasteiger partial charge on any atom is 0.273 e. The first kappa shape index (κ1) is 18.2. The zero-order valence-corrected chi connectivity index (χ0v) is 15.8. The standard InChI is InChI=1S/C18H16Cl2N2O4/c1-24-13-7-10(8-14(25-2)17(13)26-3)21-18(23)16-15(20)11-6-9(19)4-5-12(11)22-16/h4-8,22H,1-3H3,(H,21,23). The molecule has 0 fully saturated rings. The zero-order valence-electron chi connectivity index (χ0n) is 14.3. The molecule has 1 amide bonds. The number of hydrogen-bond donors (Lipinski definition) is 2. The number of nitrogens with one attached hydrogen (secondary N) is 2. The average Bonchev–Trinajstić information content (AvgIpc) is 2.97. The number of hydrogen-bond acceptors (Lipinski definition) is 4. The summed E-state index contributed by atoms with van der Waals surface area (Å²) in [7, 11) is 4.51. The summed E-state index contributed by atoms with van der Waals surface area (Å²) in [6, 6.07) is 8.45. The second-order valence-corrected chi connectivity index (χ2v) is 6.19. The Kier molecular flexibility index (Phi) is 5.15. The van der Waals surface area contributed by atoms with Gasteiger partial charge in [0, 0.05) is 33.7 Å². The van der Waals surface area contributed by atoms with Gasteiger partial charge in [0.05, 0.1) is 26.4 Å². The van der Waals surface area contributed by atoms with E-state index in [4.69, 9.17) is 37.4 Å². The maximum atomic E-state index is 12.7. The lowest BCUT2D eigenvalue weighted by molar-refractivity contribution is 0.102. The molecule has 3 aromatic rings. The summed E-state index contributed by atoms with van der Waals surface area (Å²) in [6.07, 6.45) is 0. The van der Waals surface area contributed by atoms with E-state index < -0.39 is 5.91 Å². The fraction of sp³-hybridized carbons (Fsp3) is 0.167. The van der Waals surface area contributed by atoms with Gasteiger partial charge >= 0.3 is 0 Å². The number of rotatable bonds is 5. The minimum absolute atomic E-state index is 0.234. The van der Waals surface area contributed by atoms with Crippen molar-refractivity contribution in [1.29, 1.82) is 0 Å². The Morgan fingerprint density at radius 2 is 1.65 bits per heavy atom. The van der Waals surface area contributed by atoms with Crippen LogP contribution in [0.25, 0.3) is 10.9 Å². The van der Waals surface area contributed by atoms with Gasteiger partial charge in [-0.25, -0.2) is 0 Å². The van der Waals surface area contributed by atoms with Gasteiger partial charge in [-0.05, 0) is 18.2 Å². The molecule has 8 heteroatoms. The van der Waals surface area contributed by atoms with Crippen LogP contribution in [0.1, 0.15) is 10.5 Å². The van der Waals surface area contributed by atoms with Crippen molar-refractivity contribution in [2.75, 3.05) is 26.6 Å². The van der Waals surface area contributed by atoms with Crippen LogP contribution in [0.2, 0.25) is 10.0 Å². The van der Waals surface area contributed by atoms with Crippen LogP contribution < -0.4 is 19.5 Å². The number of amides is 1. The lowest BCUT2D eigenvalue weighted by Gasteiger charge is -2.14. The fourth-order valence-corrected chi connectivity index (χ4v) is 3.10. The van der Waals surface area contributed by atoms with E-state index in [0.717, 1.165) is 5.52 Å². The number of methoxy groups -OCH3 is 3. The Bertz CT molecular complexity index is 960. The summed E-state index contributed by atoms with van der Waals surface area (Å²) >= 11 is 12.3. The van der Waals surface area contributed by atoms with E-state index in [1.165, 1.54) is 21.3 Å². The van der Waals surface area contributed by atoms with Gasteiger partial charge in [0.2, 0.25) is 5.75 Å². The molecule has 0 aliphatic carbocycles. The van der Waals surface area contributed by atoms with Gasteiger partial charge in [0.1, 0.15) is 5.69 Å². The molecule has 2 aromatic carbocycles. The van der Waals surface area contributed by atoms with Gasteiger partial charge in [0.15, 0.2) is 11.5 Å². The normalized spacial score (nSPS) is 10.7. The number of anilines is 1. The van der Waals surface area contributed by atoms with Crippen molar-refractivity contribution in [2.24, 2.45) is 0 Å². The van der Waals surface area contributed by atoms with Gasteiger partial charge < -0.3 is 24.5 Å². The molecule has 2 N–H and O–H groups in total. The van der Waals surface area contributed by atoms with Crippen LogP contribution >= 0.6 is 23.2 Å². The molecular weight excluding hydrogens is 379 g/mol. The molecule has 136 valence electrons. The number of fused-ring (bicyclic) bond motifs is 1. The summed E-state index contributed by atoms with van der Waals surface area (Å²) in [5.41, 5.74) is 1.42. The van der Waals surface area contributed by atoms with Gasteiger partial charge in [0.25, 0.3) is 5.91 Å². The quantitative estimate of drug-likeness (QED) is 0.654. The van der Waals surface area contributed by atoms with E-state index in [1.54, 1.807) is 30.3 Å². The van der Waals surface area contributed by atoms with Crippen LogP contribution in [0.3, 0.4) is 0 Å². The van der Waals surface area contributed by atoms with Crippen LogP contribution in [0.15, 0.2) is 30.3 Å². The molecule has 0 radical (unpaired) electrons. The smallest absolute Gasteiger partial charge is 0.273 e. The van der Waals surface area contributed by atoms with Crippen LogP contribution in [-0.4, -0.2) is 32.2 Å². The summed E-state index contributed by atoms with van der Waals surface area (Å²) < 4.78 is 15.8. The predicted octanol–water partition coefficient (Wildman–Crippen LogP) is 4.75. The predicted molar refractivity (Wildman–Crippen MR) is 102 cm³/mol. The zero-order chi connectivity index (χ0) is 18.8. The Morgan fingerprint density at radius 1 is 1.00 bits per heavy atom. The first-order valence-corrected chi connectivity index (χ1v) is 8.32. The summed E-state index contributed by atoms with van der Waals surface area (Å²) in [6.45, 7) is 0. The molecule has 6 nitrogen and oxygen atoms in total. The topological polar surface area (TPSA) is 72.6 Å². The summed E-state index contributed by atoms with van der Waals surface area (Å²) in [5, 5.41) is 4.28. The number of H-pyrrole nitrogens is 1. The SMILES string of the molecule is COc1cc(NC(=O)c2[nH]c3ccc(Cl)cc3c2Cl)cc(OC)c1OC. The average molecular weight is 395 g/mol. The number of benzene rings is 2. The minimum atomic E-state index is -0.406. The van der Waals surface area contributed by atoms with E-state index in [9.17, 15) is 4.79 Å². The molecule has 1 heterocycles. The van der Waals surface area contributed by atoms with Gasteiger partial charge in [-0.1, -0.05) is 23.2 Å². The minimum Gasteiger partial charge on any atom is -0.493 e. The fourth-order valence-electron chi connectivity index (χ4n) is 2.63. The molecule has 0 bridgehead atoms. The van der Waals surface area contributed by atoms with E-state index in [2.05, 4.69) is 10.3 Å². The van der Waals surface area contributed by atoms with Crippen LogP contribution in [0, 0.1) is 0 Å². The highest BCUT2D eigenvalue weighted by Crippen LogP contribution is 2.40. The lowest BCUT2D eigenvalue weighted by atomic mass is 10.2. The third kappa shape index (κ3) is 3.25. The second kappa shape index (κ2) is 7.35. The summed E-state index contributed by atoms with van der Waals surface area (Å²) in [5.74, 6) is 0.885. The van der Waals surface area contributed by atoms with Gasteiger partial charge in [-0.15, -0.1) is 0 Å². The molecule has 0 unspecified atom stereocenters.